The van der Waals surface area contributed by atoms with E-state index in [2.05, 4.69) is 70.9 Å². The van der Waals surface area contributed by atoms with E-state index < -0.39 is 5.97 Å². The molecule has 2 aromatic heterocycles. The summed E-state index contributed by atoms with van der Waals surface area (Å²) in [5.41, 5.74) is 7.49. The third kappa shape index (κ3) is 4.64. The summed E-state index contributed by atoms with van der Waals surface area (Å²) in [6, 6.07) is 22.8. The first-order chi connectivity index (χ1) is 15.2. The fourth-order valence-corrected chi connectivity index (χ4v) is 3.83. The van der Waals surface area contributed by atoms with E-state index in [4.69, 9.17) is 4.74 Å². The first kappa shape index (κ1) is 20.7. The van der Waals surface area contributed by atoms with Gasteiger partial charge in [0, 0.05) is 23.5 Å². The summed E-state index contributed by atoms with van der Waals surface area (Å²) in [4.78, 5) is 11.2. The lowest BCUT2D eigenvalue weighted by atomic mass is 9.97. The molecule has 0 atom stereocenters. The molecule has 158 valence electrons. The minimum absolute atomic E-state index is 0.0864. The molecule has 4 heteroatoms. The Hall–Kier alpha value is -3.53. The predicted octanol–water partition coefficient (Wildman–Crippen LogP) is 6.17. The molecule has 31 heavy (non-hydrogen) atoms. The van der Waals surface area contributed by atoms with Crippen molar-refractivity contribution >= 4 is 11.5 Å². The van der Waals surface area contributed by atoms with Crippen LogP contribution in [-0.4, -0.2) is 24.1 Å². The number of aryl methyl sites for hydroxylation is 1. The van der Waals surface area contributed by atoms with E-state index in [9.17, 15) is 4.79 Å². The van der Waals surface area contributed by atoms with E-state index >= 15 is 0 Å². The van der Waals surface area contributed by atoms with Gasteiger partial charge in [0.25, 0.3) is 0 Å². The Morgan fingerprint density at radius 2 is 1.58 bits per heavy atom. The van der Waals surface area contributed by atoms with E-state index in [1.54, 1.807) is 0 Å². The van der Waals surface area contributed by atoms with Gasteiger partial charge in [0.05, 0.1) is 7.11 Å². The van der Waals surface area contributed by atoms with Crippen molar-refractivity contribution in [2.24, 2.45) is 0 Å². The molecule has 2 heterocycles. The largest absolute Gasteiger partial charge is 0.482 e. The minimum atomic E-state index is -0.392. The molecular formula is C27H27NO3. The Labute approximate surface area is 183 Å². The Morgan fingerprint density at radius 1 is 0.903 bits per heavy atom. The standard InChI is InChI=1S/C27H27NO3/c1-3-4-7-24-25(18-28-17-6-5-8-26(24)28)22-11-9-20(10-12-22)21-13-15-23(16-14-21)31-19-27(29)30-2/h5-6,8-18H,3-4,7,19H2,1-2H3. The molecule has 0 N–H and O–H groups in total. The number of ether oxygens (including phenoxy) is 2. The van der Waals surface area contributed by atoms with Crippen LogP contribution in [0.5, 0.6) is 5.75 Å². The molecule has 0 aliphatic rings. The fraction of sp³-hybridized carbons (Fsp3) is 0.222. The number of nitrogens with zero attached hydrogens (tertiary/aromatic N) is 1. The number of esters is 1. The summed E-state index contributed by atoms with van der Waals surface area (Å²) < 4.78 is 12.2. The van der Waals surface area contributed by atoms with E-state index in [0.29, 0.717) is 5.75 Å². The lowest BCUT2D eigenvalue weighted by molar-refractivity contribution is -0.142. The molecule has 0 radical (unpaired) electrons. The molecule has 0 amide bonds. The van der Waals surface area contributed by atoms with E-state index in [0.717, 1.165) is 17.5 Å². The van der Waals surface area contributed by atoms with Gasteiger partial charge in [0.1, 0.15) is 5.75 Å². The van der Waals surface area contributed by atoms with Crippen molar-refractivity contribution in [3.8, 4) is 28.0 Å². The molecule has 4 rings (SSSR count). The van der Waals surface area contributed by atoms with Gasteiger partial charge < -0.3 is 13.9 Å². The second-order valence-electron chi connectivity index (χ2n) is 7.58. The Bertz CT molecular complexity index is 1160. The van der Waals surface area contributed by atoms with Crippen LogP contribution >= 0.6 is 0 Å². The van der Waals surface area contributed by atoms with Crippen LogP contribution < -0.4 is 4.74 Å². The van der Waals surface area contributed by atoms with Gasteiger partial charge in [0.2, 0.25) is 0 Å². The molecule has 0 aliphatic carbocycles. The van der Waals surface area contributed by atoms with Gasteiger partial charge in [-0.15, -0.1) is 0 Å². The summed E-state index contributed by atoms with van der Waals surface area (Å²) >= 11 is 0. The Morgan fingerprint density at radius 3 is 2.26 bits per heavy atom. The van der Waals surface area contributed by atoms with Crippen molar-refractivity contribution < 1.29 is 14.3 Å². The van der Waals surface area contributed by atoms with Gasteiger partial charge in [-0.1, -0.05) is 55.8 Å². The third-order valence-corrected chi connectivity index (χ3v) is 5.54. The molecule has 0 saturated heterocycles. The molecule has 0 saturated carbocycles. The Balaban J connectivity index is 1.57. The summed E-state index contributed by atoms with van der Waals surface area (Å²) in [6.45, 7) is 2.15. The molecule has 4 aromatic rings. The van der Waals surface area contributed by atoms with E-state index in [-0.39, 0.29) is 6.61 Å². The maximum atomic E-state index is 11.2. The van der Waals surface area contributed by atoms with E-state index in [1.807, 2.05) is 24.3 Å². The SMILES string of the molecule is CCCCc1c(-c2ccc(-c3ccc(OCC(=O)OC)cc3)cc2)cn2ccccc12. The second-order valence-corrected chi connectivity index (χ2v) is 7.58. The second kappa shape index (κ2) is 9.52. The minimum Gasteiger partial charge on any atom is -0.482 e. The number of fused-ring (bicyclic) bond motifs is 1. The zero-order chi connectivity index (χ0) is 21.6. The highest BCUT2D eigenvalue weighted by molar-refractivity contribution is 5.78. The van der Waals surface area contributed by atoms with Crippen molar-refractivity contribution in [2.45, 2.75) is 26.2 Å². The van der Waals surface area contributed by atoms with Crippen LogP contribution in [0.25, 0.3) is 27.8 Å². The van der Waals surface area contributed by atoms with Crippen molar-refractivity contribution in [1.29, 1.82) is 0 Å². The zero-order valence-electron chi connectivity index (χ0n) is 18.0. The van der Waals surface area contributed by atoms with Crippen LogP contribution in [-0.2, 0) is 16.0 Å². The molecule has 0 bridgehead atoms. The highest BCUT2D eigenvalue weighted by atomic mass is 16.6. The molecule has 2 aromatic carbocycles. The number of hydrogen-bond donors (Lipinski definition) is 0. The number of methoxy groups -OCH3 is 1. The van der Waals surface area contributed by atoms with E-state index in [1.165, 1.54) is 42.2 Å². The maximum absolute atomic E-state index is 11.2. The number of aromatic nitrogens is 1. The lowest BCUT2D eigenvalue weighted by Crippen LogP contribution is -2.12. The first-order valence-corrected chi connectivity index (χ1v) is 10.7. The smallest absolute Gasteiger partial charge is 0.343 e. The fourth-order valence-electron chi connectivity index (χ4n) is 3.83. The first-order valence-electron chi connectivity index (χ1n) is 10.7. The highest BCUT2D eigenvalue weighted by Crippen LogP contribution is 2.32. The van der Waals surface area contributed by atoms with Gasteiger partial charge in [-0.25, -0.2) is 4.79 Å². The summed E-state index contributed by atoms with van der Waals surface area (Å²) in [7, 11) is 1.35. The number of unbranched alkanes of at least 4 members (excludes halogenated alkanes) is 1. The number of pyridine rings is 1. The van der Waals surface area contributed by atoms with Crippen LogP contribution in [0, 0.1) is 0 Å². The van der Waals surface area contributed by atoms with Crippen LogP contribution in [0.1, 0.15) is 25.3 Å². The van der Waals surface area contributed by atoms with Gasteiger partial charge >= 0.3 is 5.97 Å². The van der Waals surface area contributed by atoms with Crippen molar-refractivity contribution in [2.75, 3.05) is 13.7 Å². The summed E-state index contributed by atoms with van der Waals surface area (Å²) in [5, 5.41) is 0. The predicted molar refractivity (Wildman–Crippen MR) is 124 cm³/mol. The normalized spacial score (nSPS) is 10.9. The van der Waals surface area contributed by atoms with Crippen LogP contribution in [0.15, 0.2) is 79.1 Å². The average molecular weight is 414 g/mol. The quantitative estimate of drug-likeness (QED) is 0.324. The molecule has 0 unspecified atom stereocenters. The molecule has 4 nitrogen and oxygen atoms in total. The van der Waals surface area contributed by atoms with Gasteiger partial charge in [-0.3, -0.25) is 0 Å². The molecule has 0 spiro atoms. The highest BCUT2D eigenvalue weighted by Gasteiger charge is 2.12. The zero-order valence-corrected chi connectivity index (χ0v) is 18.0. The van der Waals surface area contributed by atoms with Gasteiger partial charge in [-0.05, 0) is 59.4 Å². The van der Waals surface area contributed by atoms with Crippen molar-refractivity contribution in [1.82, 2.24) is 4.40 Å². The number of benzene rings is 2. The molecule has 0 fully saturated rings. The third-order valence-electron chi connectivity index (χ3n) is 5.54. The van der Waals surface area contributed by atoms with Crippen LogP contribution in [0.3, 0.4) is 0 Å². The van der Waals surface area contributed by atoms with Crippen LogP contribution in [0.2, 0.25) is 0 Å². The number of rotatable bonds is 8. The van der Waals surface area contributed by atoms with Gasteiger partial charge in [-0.2, -0.15) is 0 Å². The molecule has 0 aliphatic heterocycles. The van der Waals surface area contributed by atoms with Crippen LogP contribution in [0.4, 0.5) is 0 Å². The van der Waals surface area contributed by atoms with Gasteiger partial charge in [0.15, 0.2) is 6.61 Å². The summed E-state index contributed by atoms with van der Waals surface area (Å²) in [5.74, 6) is 0.253. The van der Waals surface area contributed by atoms with Crippen molar-refractivity contribution in [3.05, 3.63) is 84.7 Å². The Kier molecular flexibility index (Phi) is 6.37. The summed E-state index contributed by atoms with van der Waals surface area (Å²) in [6.07, 6.45) is 7.81. The lowest BCUT2D eigenvalue weighted by Gasteiger charge is -2.08. The number of hydrogen-bond acceptors (Lipinski definition) is 3. The monoisotopic (exact) mass is 413 g/mol. The maximum Gasteiger partial charge on any atom is 0.343 e. The topological polar surface area (TPSA) is 39.9 Å². The van der Waals surface area contributed by atoms with Crippen molar-refractivity contribution in [3.63, 3.8) is 0 Å². The molecular weight excluding hydrogens is 386 g/mol. The number of carbonyl (C=O) groups is 1. The average Bonchev–Trinajstić information content (AvgIpc) is 3.20. The number of carbonyl (C=O) groups excluding carboxylic acids is 1.